The van der Waals surface area contributed by atoms with Crippen LogP contribution in [0.3, 0.4) is 0 Å². The summed E-state index contributed by atoms with van der Waals surface area (Å²) in [7, 11) is 0. The Labute approximate surface area is 163 Å². The third-order valence-electron chi connectivity index (χ3n) is 4.19. The number of carbonyl (C=O) groups excluding carboxylic acids is 1. The molecule has 1 aromatic heterocycles. The van der Waals surface area contributed by atoms with Crippen LogP contribution in [0.5, 0.6) is 0 Å². The second kappa shape index (κ2) is 7.90. The fourth-order valence-electron chi connectivity index (χ4n) is 2.88. The maximum Gasteiger partial charge on any atom is 0.434 e. The van der Waals surface area contributed by atoms with Gasteiger partial charge in [0.25, 0.3) is 5.91 Å². The van der Waals surface area contributed by atoms with Gasteiger partial charge in [-0.25, -0.2) is 9.97 Å². The summed E-state index contributed by atoms with van der Waals surface area (Å²) < 4.78 is 40.3. The molecule has 10 heteroatoms. The van der Waals surface area contributed by atoms with Gasteiger partial charge in [-0.2, -0.15) is 13.2 Å². The van der Waals surface area contributed by atoms with Gasteiger partial charge in [0, 0.05) is 12.2 Å². The lowest BCUT2D eigenvalue weighted by molar-refractivity contribution is -0.141. The Morgan fingerprint density at radius 3 is 2.56 bits per heavy atom. The van der Waals surface area contributed by atoms with E-state index in [1.807, 2.05) is 0 Å². The third kappa shape index (κ3) is 4.62. The molecule has 0 unspecified atom stereocenters. The molecule has 1 saturated carbocycles. The van der Waals surface area contributed by atoms with Crippen molar-refractivity contribution in [1.29, 1.82) is 0 Å². The van der Waals surface area contributed by atoms with Crippen LogP contribution in [-0.2, 0) is 6.18 Å². The Bertz CT molecular complexity index is 855. The van der Waals surface area contributed by atoms with E-state index in [4.69, 9.17) is 23.2 Å². The lowest BCUT2D eigenvalue weighted by Crippen LogP contribution is -2.34. The van der Waals surface area contributed by atoms with Gasteiger partial charge in [-0.3, -0.25) is 4.79 Å². The molecule has 1 aromatic carbocycles. The van der Waals surface area contributed by atoms with E-state index in [2.05, 4.69) is 20.6 Å². The molecule has 1 heterocycles. The van der Waals surface area contributed by atoms with Crippen molar-refractivity contribution in [3.8, 4) is 0 Å². The number of anilines is 2. The van der Waals surface area contributed by atoms with Crippen LogP contribution in [-0.4, -0.2) is 21.9 Å². The monoisotopic (exact) mass is 418 g/mol. The Kier molecular flexibility index (Phi) is 5.76. The maximum atomic E-state index is 13.4. The van der Waals surface area contributed by atoms with Crippen molar-refractivity contribution >= 4 is 40.7 Å². The molecule has 144 valence electrons. The molecular weight excluding hydrogens is 404 g/mol. The van der Waals surface area contributed by atoms with Gasteiger partial charge in [0.15, 0.2) is 5.69 Å². The number of aromatic nitrogens is 2. The highest BCUT2D eigenvalue weighted by molar-refractivity contribution is 6.43. The van der Waals surface area contributed by atoms with E-state index in [1.54, 1.807) is 6.07 Å². The third-order valence-corrected chi connectivity index (χ3v) is 5.01. The van der Waals surface area contributed by atoms with E-state index < -0.39 is 23.3 Å². The van der Waals surface area contributed by atoms with Crippen molar-refractivity contribution < 1.29 is 18.0 Å². The summed E-state index contributed by atoms with van der Waals surface area (Å²) in [5.41, 5.74) is -1.67. The van der Waals surface area contributed by atoms with E-state index in [9.17, 15) is 18.0 Å². The molecule has 1 aliphatic carbocycles. The number of rotatable bonds is 4. The molecule has 0 spiro atoms. The summed E-state index contributed by atoms with van der Waals surface area (Å²) in [4.78, 5) is 19.6. The minimum absolute atomic E-state index is 0.123. The number of amides is 1. The van der Waals surface area contributed by atoms with E-state index in [0.29, 0.717) is 0 Å². The van der Waals surface area contributed by atoms with Crippen LogP contribution in [0, 0.1) is 0 Å². The van der Waals surface area contributed by atoms with Crippen molar-refractivity contribution in [2.24, 2.45) is 0 Å². The van der Waals surface area contributed by atoms with Crippen LogP contribution in [0.1, 0.15) is 41.7 Å². The molecule has 0 atom stereocenters. The summed E-state index contributed by atoms with van der Waals surface area (Å²) >= 11 is 11.9. The summed E-state index contributed by atoms with van der Waals surface area (Å²) in [5.74, 6) is -1.18. The number of carbonyl (C=O) groups is 1. The number of halogens is 5. The first-order valence-electron chi connectivity index (χ1n) is 8.22. The molecule has 3 rings (SSSR count). The first kappa shape index (κ1) is 19.7. The quantitative estimate of drug-likeness (QED) is 0.714. The second-order valence-electron chi connectivity index (χ2n) is 6.13. The van der Waals surface area contributed by atoms with Crippen LogP contribution in [0.25, 0.3) is 0 Å². The highest BCUT2D eigenvalue weighted by atomic mass is 35.5. The molecule has 1 amide bonds. The topological polar surface area (TPSA) is 66.9 Å². The number of hydrogen-bond donors (Lipinski definition) is 2. The molecule has 1 aliphatic rings. The van der Waals surface area contributed by atoms with Gasteiger partial charge < -0.3 is 10.6 Å². The van der Waals surface area contributed by atoms with Crippen LogP contribution >= 0.6 is 23.2 Å². The second-order valence-corrected chi connectivity index (χ2v) is 6.92. The van der Waals surface area contributed by atoms with Gasteiger partial charge in [-0.05, 0) is 25.0 Å². The zero-order valence-corrected chi connectivity index (χ0v) is 15.4. The highest BCUT2D eigenvalue weighted by Crippen LogP contribution is 2.34. The Morgan fingerprint density at radius 1 is 1.19 bits per heavy atom. The van der Waals surface area contributed by atoms with Gasteiger partial charge in [0.05, 0.1) is 21.3 Å². The van der Waals surface area contributed by atoms with E-state index >= 15 is 0 Å². The van der Waals surface area contributed by atoms with Crippen LogP contribution in [0.2, 0.25) is 10.0 Å². The average Bonchev–Trinajstić information content (AvgIpc) is 3.11. The number of benzene rings is 1. The molecule has 0 aliphatic heterocycles. The molecule has 27 heavy (non-hydrogen) atoms. The minimum atomic E-state index is -4.82. The van der Waals surface area contributed by atoms with Gasteiger partial charge in [-0.1, -0.05) is 42.1 Å². The lowest BCUT2D eigenvalue weighted by atomic mass is 10.1. The van der Waals surface area contributed by atoms with Gasteiger partial charge >= 0.3 is 6.18 Å². The van der Waals surface area contributed by atoms with Gasteiger partial charge in [-0.15, -0.1) is 0 Å². The van der Waals surface area contributed by atoms with Crippen molar-refractivity contribution in [2.45, 2.75) is 37.9 Å². The molecular formula is C17H15Cl2F3N4O. The lowest BCUT2D eigenvalue weighted by Gasteiger charge is -2.16. The predicted octanol–water partition coefficient (Wildman–Crippen LogP) is 5.22. The molecule has 0 bridgehead atoms. The van der Waals surface area contributed by atoms with Gasteiger partial charge in [0.1, 0.15) is 0 Å². The van der Waals surface area contributed by atoms with Crippen LogP contribution in [0.15, 0.2) is 24.4 Å². The summed E-state index contributed by atoms with van der Waals surface area (Å²) in [6.07, 6.45) is -0.573. The van der Waals surface area contributed by atoms with Crippen molar-refractivity contribution in [3.05, 3.63) is 45.7 Å². The Balaban J connectivity index is 1.89. The normalized spacial score (nSPS) is 15.0. The molecule has 2 N–H and O–H groups in total. The van der Waals surface area contributed by atoms with Crippen molar-refractivity contribution in [1.82, 2.24) is 15.3 Å². The van der Waals surface area contributed by atoms with Crippen molar-refractivity contribution in [2.75, 3.05) is 5.32 Å². The van der Waals surface area contributed by atoms with E-state index in [1.165, 1.54) is 12.1 Å². The number of nitrogens with one attached hydrogen (secondary N) is 2. The SMILES string of the molecule is O=C(NC1CCCC1)c1cnc(Nc2cccc(Cl)c2Cl)nc1C(F)(F)F. The van der Waals surface area contributed by atoms with Crippen LogP contribution in [0.4, 0.5) is 24.8 Å². The Hall–Kier alpha value is -2.06. The summed E-state index contributed by atoms with van der Waals surface area (Å²) in [6, 6.07) is 4.51. The van der Waals surface area contributed by atoms with Crippen molar-refractivity contribution in [3.63, 3.8) is 0 Å². The maximum absolute atomic E-state index is 13.4. The zero-order chi connectivity index (χ0) is 19.6. The highest BCUT2D eigenvalue weighted by Gasteiger charge is 2.38. The fourth-order valence-corrected chi connectivity index (χ4v) is 3.23. The van der Waals surface area contributed by atoms with E-state index in [0.717, 1.165) is 31.9 Å². The predicted molar refractivity (Wildman–Crippen MR) is 96.5 cm³/mol. The number of nitrogens with zero attached hydrogens (tertiary/aromatic N) is 2. The molecule has 0 saturated heterocycles. The minimum Gasteiger partial charge on any atom is -0.349 e. The first-order chi connectivity index (χ1) is 12.8. The van der Waals surface area contributed by atoms with Gasteiger partial charge in [0.2, 0.25) is 5.95 Å². The molecule has 2 aromatic rings. The molecule has 0 radical (unpaired) electrons. The fraction of sp³-hybridized carbons (Fsp3) is 0.353. The molecule has 1 fully saturated rings. The van der Waals surface area contributed by atoms with Crippen LogP contribution < -0.4 is 10.6 Å². The summed E-state index contributed by atoms with van der Waals surface area (Å²) in [5, 5.41) is 5.56. The molecule has 5 nitrogen and oxygen atoms in total. The number of hydrogen-bond acceptors (Lipinski definition) is 4. The zero-order valence-electron chi connectivity index (χ0n) is 13.9. The Morgan fingerprint density at radius 2 is 1.89 bits per heavy atom. The first-order valence-corrected chi connectivity index (χ1v) is 8.97. The standard InChI is InChI=1S/C17H15Cl2F3N4O/c18-11-6-3-7-12(13(11)19)25-16-23-8-10(14(26-16)17(20,21)22)15(27)24-9-4-1-2-5-9/h3,6-9H,1-2,4-5H2,(H,24,27)(H,23,25,26). The average molecular weight is 419 g/mol. The summed E-state index contributed by atoms with van der Waals surface area (Å²) in [6.45, 7) is 0. The number of alkyl halides is 3. The van der Waals surface area contributed by atoms with E-state index in [-0.39, 0.29) is 27.7 Å². The largest absolute Gasteiger partial charge is 0.434 e. The smallest absolute Gasteiger partial charge is 0.349 e.